The highest BCUT2D eigenvalue weighted by molar-refractivity contribution is 6.21. The van der Waals surface area contributed by atoms with Crippen LogP contribution >= 0.6 is 11.6 Å². The molecule has 0 saturated heterocycles. The normalized spacial score (nSPS) is 12.2. The largest absolute Gasteiger partial charge is 0.466 e. The summed E-state index contributed by atoms with van der Waals surface area (Å²) in [5.74, 6) is -1.49. The molecular weight excluding hydrogens is 250 g/mol. The number of alkyl halides is 1. The summed E-state index contributed by atoms with van der Waals surface area (Å²) in [7, 11) is 0. The van der Waals surface area contributed by atoms with Gasteiger partial charge in [0, 0.05) is 5.38 Å². The predicted octanol–water partition coefficient (Wildman–Crippen LogP) is 3.07. The number of carbonyl (C=O) groups is 1. The minimum atomic E-state index is -0.606. The van der Waals surface area contributed by atoms with Crippen molar-refractivity contribution in [2.24, 2.45) is 0 Å². The molecule has 0 bridgehead atoms. The highest BCUT2D eigenvalue weighted by atomic mass is 35.5. The van der Waals surface area contributed by atoms with Gasteiger partial charge in [0.2, 0.25) is 0 Å². The Bertz CT molecular complexity index is 396. The molecule has 17 heavy (non-hydrogen) atoms. The third-order valence-corrected chi connectivity index (χ3v) is 2.45. The second-order valence-corrected chi connectivity index (χ2v) is 4.16. The number of esters is 1. The van der Waals surface area contributed by atoms with Crippen LogP contribution in [0.5, 0.6) is 0 Å². The summed E-state index contributed by atoms with van der Waals surface area (Å²) >= 11 is 5.88. The van der Waals surface area contributed by atoms with Crippen LogP contribution < -0.4 is 0 Å². The van der Waals surface area contributed by atoms with Gasteiger partial charge in [-0.2, -0.15) is 0 Å². The van der Waals surface area contributed by atoms with Gasteiger partial charge in [-0.3, -0.25) is 4.79 Å². The highest BCUT2D eigenvalue weighted by Crippen LogP contribution is 2.16. The number of carbonyl (C=O) groups excluding carboxylic acids is 1. The Balaban J connectivity index is 2.58. The molecule has 0 fully saturated rings. The number of benzene rings is 1. The molecule has 0 N–H and O–H groups in total. The van der Waals surface area contributed by atoms with E-state index in [9.17, 15) is 13.6 Å². The fourth-order valence-electron chi connectivity index (χ4n) is 1.41. The average molecular weight is 263 g/mol. The molecule has 0 saturated carbocycles. The van der Waals surface area contributed by atoms with Crippen molar-refractivity contribution in [1.82, 2.24) is 0 Å². The van der Waals surface area contributed by atoms with Crippen LogP contribution in [0, 0.1) is 11.6 Å². The molecule has 0 heterocycles. The molecule has 0 spiro atoms. The zero-order chi connectivity index (χ0) is 12.8. The first-order valence-electron chi connectivity index (χ1n) is 5.26. The standard InChI is InChI=1S/C12H13ClF2O2/c1-2-17-12(16)7-9(13)5-8-6-10(14)3-4-11(8)15/h3-4,6,9H,2,5,7H2,1H3. The van der Waals surface area contributed by atoms with Crippen LogP contribution in [0.4, 0.5) is 8.78 Å². The lowest BCUT2D eigenvalue weighted by molar-refractivity contribution is -0.143. The maximum absolute atomic E-state index is 13.3. The quantitative estimate of drug-likeness (QED) is 0.602. The van der Waals surface area contributed by atoms with E-state index in [-0.39, 0.29) is 25.0 Å². The third kappa shape index (κ3) is 4.69. The molecule has 5 heteroatoms. The molecule has 1 atom stereocenters. The van der Waals surface area contributed by atoms with Gasteiger partial charge in [0.15, 0.2) is 0 Å². The first kappa shape index (κ1) is 13.9. The second-order valence-electron chi connectivity index (χ2n) is 3.55. The predicted molar refractivity (Wildman–Crippen MR) is 61.0 cm³/mol. The number of hydrogen-bond donors (Lipinski definition) is 0. The molecule has 0 aliphatic heterocycles. The van der Waals surface area contributed by atoms with Crippen molar-refractivity contribution in [1.29, 1.82) is 0 Å². The van der Waals surface area contributed by atoms with E-state index >= 15 is 0 Å². The molecule has 1 rings (SSSR count). The van der Waals surface area contributed by atoms with Crippen molar-refractivity contribution in [2.75, 3.05) is 6.61 Å². The van der Waals surface area contributed by atoms with Crippen molar-refractivity contribution >= 4 is 17.6 Å². The van der Waals surface area contributed by atoms with Gasteiger partial charge in [-0.15, -0.1) is 11.6 Å². The van der Waals surface area contributed by atoms with Crippen molar-refractivity contribution in [3.05, 3.63) is 35.4 Å². The number of ether oxygens (including phenoxy) is 1. The van der Waals surface area contributed by atoms with Crippen LogP contribution in [0.2, 0.25) is 0 Å². The van der Waals surface area contributed by atoms with Crippen LogP contribution in [0.15, 0.2) is 18.2 Å². The molecule has 0 aliphatic rings. The van der Waals surface area contributed by atoms with Gasteiger partial charge >= 0.3 is 5.97 Å². The van der Waals surface area contributed by atoms with Crippen molar-refractivity contribution in [2.45, 2.75) is 25.1 Å². The minimum Gasteiger partial charge on any atom is -0.466 e. The minimum absolute atomic E-state index is 0.0225. The van der Waals surface area contributed by atoms with Crippen LogP contribution in [0.1, 0.15) is 18.9 Å². The lowest BCUT2D eigenvalue weighted by Crippen LogP contribution is -2.14. The Morgan fingerprint density at radius 2 is 2.18 bits per heavy atom. The second kappa shape index (κ2) is 6.55. The van der Waals surface area contributed by atoms with Gasteiger partial charge in [0.1, 0.15) is 11.6 Å². The summed E-state index contributed by atoms with van der Waals surface area (Å²) in [6.45, 7) is 1.96. The molecule has 0 aliphatic carbocycles. The number of hydrogen-bond acceptors (Lipinski definition) is 2. The molecule has 1 unspecified atom stereocenters. The van der Waals surface area contributed by atoms with E-state index < -0.39 is 23.0 Å². The molecule has 0 radical (unpaired) electrons. The van der Waals surface area contributed by atoms with E-state index in [2.05, 4.69) is 0 Å². The van der Waals surface area contributed by atoms with Gasteiger partial charge in [0.25, 0.3) is 0 Å². The molecule has 1 aromatic rings. The zero-order valence-electron chi connectivity index (χ0n) is 9.38. The van der Waals surface area contributed by atoms with E-state index in [0.29, 0.717) is 0 Å². The summed E-state index contributed by atoms with van der Waals surface area (Å²) in [6, 6.07) is 3.15. The van der Waals surface area contributed by atoms with Crippen molar-refractivity contribution in [3.63, 3.8) is 0 Å². The van der Waals surface area contributed by atoms with E-state index in [0.717, 1.165) is 18.2 Å². The Hall–Kier alpha value is -1.16. The summed E-state index contributed by atoms with van der Waals surface area (Å²) in [4.78, 5) is 11.1. The van der Waals surface area contributed by atoms with Crippen molar-refractivity contribution in [3.8, 4) is 0 Å². The Kier molecular flexibility index (Phi) is 5.35. The number of rotatable bonds is 5. The maximum atomic E-state index is 13.3. The van der Waals surface area contributed by atoms with Gasteiger partial charge in [-0.25, -0.2) is 8.78 Å². The first-order valence-corrected chi connectivity index (χ1v) is 5.70. The number of halogens is 3. The van der Waals surface area contributed by atoms with Gasteiger partial charge in [-0.1, -0.05) is 0 Å². The topological polar surface area (TPSA) is 26.3 Å². The van der Waals surface area contributed by atoms with Crippen LogP contribution in [-0.4, -0.2) is 18.0 Å². The molecule has 2 nitrogen and oxygen atoms in total. The summed E-state index contributed by atoms with van der Waals surface area (Å²) in [5.41, 5.74) is 0.161. The molecule has 94 valence electrons. The first-order chi connectivity index (χ1) is 8.02. The molecule has 1 aromatic carbocycles. The monoisotopic (exact) mass is 262 g/mol. The summed E-state index contributed by atoms with van der Waals surface area (Å²) < 4.78 is 30.9. The van der Waals surface area contributed by atoms with E-state index in [1.54, 1.807) is 6.92 Å². The molecular formula is C12H13ClF2O2. The fourth-order valence-corrected chi connectivity index (χ4v) is 1.70. The lowest BCUT2D eigenvalue weighted by atomic mass is 10.1. The Morgan fingerprint density at radius 1 is 1.47 bits per heavy atom. The van der Waals surface area contributed by atoms with E-state index in [1.165, 1.54) is 0 Å². The molecule has 0 amide bonds. The summed E-state index contributed by atoms with van der Waals surface area (Å²) in [5, 5.41) is -0.606. The van der Waals surface area contributed by atoms with Gasteiger partial charge in [0.05, 0.1) is 13.0 Å². The Labute approximate surface area is 104 Å². The van der Waals surface area contributed by atoms with E-state index in [1.807, 2.05) is 0 Å². The Morgan fingerprint density at radius 3 is 2.82 bits per heavy atom. The van der Waals surface area contributed by atoms with Crippen LogP contribution in [-0.2, 0) is 16.0 Å². The SMILES string of the molecule is CCOC(=O)CC(Cl)Cc1cc(F)ccc1F. The summed E-state index contributed by atoms with van der Waals surface area (Å²) in [6.07, 6.45) is 0.0648. The lowest BCUT2D eigenvalue weighted by Gasteiger charge is -2.09. The highest BCUT2D eigenvalue weighted by Gasteiger charge is 2.15. The fraction of sp³-hybridized carbons (Fsp3) is 0.417. The third-order valence-electron chi connectivity index (χ3n) is 2.14. The molecule has 0 aromatic heterocycles. The van der Waals surface area contributed by atoms with Crippen LogP contribution in [0.25, 0.3) is 0 Å². The zero-order valence-corrected chi connectivity index (χ0v) is 10.1. The van der Waals surface area contributed by atoms with Crippen molar-refractivity contribution < 1.29 is 18.3 Å². The van der Waals surface area contributed by atoms with Crippen LogP contribution in [0.3, 0.4) is 0 Å². The average Bonchev–Trinajstić information content (AvgIpc) is 2.23. The smallest absolute Gasteiger partial charge is 0.307 e. The van der Waals surface area contributed by atoms with Gasteiger partial charge in [-0.05, 0) is 37.1 Å². The van der Waals surface area contributed by atoms with Gasteiger partial charge < -0.3 is 4.74 Å². The maximum Gasteiger partial charge on any atom is 0.307 e. The van der Waals surface area contributed by atoms with E-state index in [4.69, 9.17) is 16.3 Å².